The number of hydrogen-bond acceptors (Lipinski definition) is 1. The van der Waals surface area contributed by atoms with Crippen LogP contribution < -0.4 is 0 Å². The van der Waals surface area contributed by atoms with Gasteiger partial charge in [0, 0.05) is 22.4 Å². The molecular formula is C9H8BrClN2. The predicted octanol–water partition coefficient (Wildman–Crippen LogP) is 3.14. The van der Waals surface area contributed by atoms with Gasteiger partial charge in [0.1, 0.15) is 5.65 Å². The molecule has 2 rings (SSSR count). The molecule has 2 aromatic heterocycles. The van der Waals surface area contributed by atoms with Gasteiger partial charge in [0.25, 0.3) is 0 Å². The van der Waals surface area contributed by atoms with Crippen molar-refractivity contribution in [2.45, 2.75) is 12.8 Å². The van der Waals surface area contributed by atoms with Gasteiger partial charge in [-0.1, -0.05) is 15.9 Å². The average Bonchev–Trinajstić information content (AvgIpc) is 2.45. The van der Waals surface area contributed by atoms with E-state index in [-0.39, 0.29) is 0 Å². The highest BCUT2D eigenvalue weighted by Crippen LogP contribution is 2.22. The van der Waals surface area contributed by atoms with E-state index in [2.05, 4.69) is 20.9 Å². The normalized spacial score (nSPS) is 11.0. The van der Waals surface area contributed by atoms with Crippen molar-refractivity contribution in [3.05, 3.63) is 34.2 Å². The highest BCUT2D eigenvalue weighted by atomic mass is 79.9. The Morgan fingerprint density at radius 3 is 3.08 bits per heavy atom. The Balaban J connectivity index is 2.82. The third-order valence-electron chi connectivity index (χ3n) is 1.93. The maximum atomic E-state index is 5.84. The lowest BCUT2D eigenvalue weighted by Crippen LogP contribution is -1.90. The van der Waals surface area contributed by atoms with Crippen LogP contribution in [0.15, 0.2) is 22.9 Å². The van der Waals surface area contributed by atoms with Crippen molar-refractivity contribution in [2.75, 3.05) is 0 Å². The summed E-state index contributed by atoms with van der Waals surface area (Å²) in [5.41, 5.74) is 2.98. The third-order valence-corrected chi connectivity index (χ3v) is 2.94. The lowest BCUT2D eigenvalue weighted by molar-refractivity contribution is 1.15. The van der Waals surface area contributed by atoms with E-state index in [1.165, 1.54) is 0 Å². The monoisotopic (exact) mass is 258 g/mol. The Labute approximate surface area is 89.7 Å². The number of pyridine rings is 1. The van der Waals surface area contributed by atoms with E-state index in [9.17, 15) is 0 Å². The first-order valence-electron chi connectivity index (χ1n) is 3.91. The van der Waals surface area contributed by atoms with Crippen molar-refractivity contribution in [1.29, 1.82) is 0 Å². The van der Waals surface area contributed by atoms with Crippen molar-refractivity contribution in [2.24, 2.45) is 0 Å². The number of aromatic nitrogens is 2. The maximum Gasteiger partial charge on any atom is 0.142 e. The molecule has 2 aromatic rings. The number of nitrogens with zero attached hydrogens (tertiary/aromatic N) is 2. The van der Waals surface area contributed by atoms with Gasteiger partial charge in [0.05, 0.1) is 11.6 Å². The van der Waals surface area contributed by atoms with Crippen LogP contribution in [0, 0.1) is 6.92 Å². The summed E-state index contributed by atoms with van der Waals surface area (Å²) in [7, 11) is 0. The zero-order chi connectivity index (χ0) is 9.42. The minimum Gasteiger partial charge on any atom is -0.306 e. The van der Waals surface area contributed by atoms with Crippen LogP contribution in [-0.4, -0.2) is 9.38 Å². The van der Waals surface area contributed by atoms with E-state index in [1.807, 2.05) is 29.8 Å². The van der Waals surface area contributed by atoms with Crippen LogP contribution in [0.1, 0.15) is 11.3 Å². The van der Waals surface area contributed by atoms with Gasteiger partial charge in [-0.25, -0.2) is 4.98 Å². The molecule has 0 saturated carbocycles. The van der Waals surface area contributed by atoms with Crippen molar-refractivity contribution in [3.8, 4) is 0 Å². The molecule has 0 amide bonds. The van der Waals surface area contributed by atoms with Crippen LogP contribution in [-0.2, 0) is 5.88 Å². The molecule has 4 heteroatoms. The maximum absolute atomic E-state index is 5.84. The molecule has 0 aliphatic heterocycles. The van der Waals surface area contributed by atoms with Crippen LogP contribution in [0.25, 0.3) is 5.65 Å². The molecule has 2 heterocycles. The number of aryl methyl sites for hydroxylation is 1. The summed E-state index contributed by atoms with van der Waals surface area (Å²) in [6, 6.07) is 1.98. The fourth-order valence-corrected chi connectivity index (χ4v) is 2.19. The van der Waals surface area contributed by atoms with Gasteiger partial charge < -0.3 is 4.40 Å². The molecule has 0 bridgehead atoms. The molecule has 2 nitrogen and oxygen atoms in total. The molecule has 0 unspecified atom stereocenters. The van der Waals surface area contributed by atoms with Crippen LogP contribution >= 0.6 is 27.5 Å². The molecule has 0 fully saturated rings. The van der Waals surface area contributed by atoms with E-state index < -0.39 is 0 Å². The third kappa shape index (κ3) is 1.46. The zero-order valence-electron chi connectivity index (χ0n) is 7.09. The lowest BCUT2D eigenvalue weighted by Gasteiger charge is -2.01. The molecule has 0 radical (unpaired) electrons. The van der Waals surface area contributed by atoms with Crippen molar-refractivity contribution < 1.29 is 0 Å². The highest BCUT2D eigenvalue weighted by Gasteiger charge is 2.06. The van der Waals surface area contributed by atoms with E-state index in [0.717, 1.165) is 21.4 Å². The minimum atomic E-state index is 0.474. The first-order valence-corrected chi connectivity index (χ1v) is 5.24. The Hall–Kier alpha value is -0.540. The topological polar surface area (TPSA) is 17.3 Å². The molecule has 0 saturated heterocycles. The Morgan fingerprint density at radius 1 is 1.62 bits per heavy atom. The zero-order valence-corrected chi connectivity index (χ0v) is 9.43. The van der Waals surface area contributed by atoms with E-state index in [1.54, 1.807) is 0 Å². The van der Waals surface area contributed by atoms with E-state index in [0.29, 0.717) is 5.88 Å². The quantitative estimate of drug-likeness (QED) is 0.719. The molecule has 0 aromatic carbocycles. The summed E-state index contributed by atoms with van der Waals surface area (Å²) in [4.78, 5) is 4.39. The summed E-state index contributed by atoms with van der Waals surface area (Å²) >= 11 is 9.29. The number of fused-ring (bicyclic) bond motifs is 1. The number of halogens is 2. The molecule has 0 atom stereocenters. The van der Waals surface area contributed by atoms with Crippen LogP contribution in [0.5, 0.6) is 0 Å². The standard InChI is InChI=1S/C9H8BrClN2/c1-6-5-13-3-2-8(10)7(4-11)9(13)12-6/h2-3,5H,4H2,1H3. The summed E-state index contributed by atoms with van der Waals surface area (Å²) in [6.45, 7) is 1.97. The van der Waals surface area contributed by atoms with Gasteiger partial charge in [-0.05, 0) is 13.0 Å². The van der Waals surface area contributed by atoms with Crippen LogP contribution in [0.3, 0.4) is 0 Å². The number of imidazole rings is 1. The summed E-state index contributed by atoms with van der Waals surface area (Å²) < 4.78 is 3.00. The van der Waals surface area contributed by atoms with Crippen molar-refractivity contribution >= 4 is 33.2 Å². The van der Waals surface area contributed by atoms with Gasteiger partial charge in [0.2, 0.25) is 0 Å². The van der Waals surface area contributed by atoms with Gasteiger partial charge in [-0.3, -0.25) is 0 Å². The summed E-state index contributed by atoms with van der Waals surface area (Å²) in [6.07, 6.45) is 3.95. The Kier molecular flexibility index (Phi) is 2.30. The lowest BCUT2D eigenvalue weighted by atomic mass is 10.3. The Bertz CT molecular complexity index is 450. The fraction of sp³-hybridized carbons (Fsp3) is 0.222. The molecule has 0 aliphatic carbocycles. The average molecular weight is 260 g/mol. The molecule has 0 N–H and O–H groups in total. The highest BCUT2D eigenvalue weighted by molar-refractivity contribution is 9.10. The smallest absolute Gasteiger partial charge is 0.142 e. The second kappa shape index (κ2) is 3.31. The molecule has 68 valence electrons. The van der Waals surface area contributed by atoms with Gasteiger partial charge >= 0.3 is 0 Å². The SMILES string of the molecule is Cc1cn2ccc(Br)c(CCl)c2n1. The summed E-state index contributed by atoms with van der Waals surface area (Å²) in [5, 5.41) is 0. The number of hydrogen-bond donors (Lipinski definition) is 0. The number of alkyl halides is 1. The molecular weight excluding hydrogens is 251 g/mol. The van der Waals surface area contributed by atoms with Crippen LogP contribution in [0.4, 0.5) is 0 Å². The molecule has 13 heavy (non-hydrogen) atoms. The Morgan fingerprint density at radius 2 is 2.38 bits per heavy atom. The van der Waals surface area contributed by atoms with Gasteiger partial charge in [0.15, 0.2) is 0 Å². The first kappa shape index (κ1) is 9.03. The van der Waals surface area contributed by atoms with E-state index >= 15 is 0 Å². The second-order valence-electron chi connectivity index (χ2n) is 2.89. The molecule has 0 spiro atoms. The predicted molar refractivity (Wildman–Crippen MR) is 57.2 cm³/mol. The van der Waals surface area contributed by atoms with E-state index in [4.69, 9.17) is 11.6 Å². The van der Waals surface area contributed by atoms with Crippen molar-refractivity contribution in [3.63, 3.8) is 0 Å². The van der Waals surface area contributed by atoms with Crippen molar-refractivity contribution in [1.82, 2.24) is 9.38 Å². The largest absolute Gasteiger partial charge is 0.306 e. The van der Waals surface area contributed by atoms with Gasteiger partial charge in [-0.2, -0.15) is 0 Å². The molecule has 0 aliphatic rings. The van der Waals surface area contributed by atoms with Gasteiger partial charge in [-0.15, -0.1) is 11.6 Å². The minimum absolute atomic E-state index is 0.474. The summed E-state index contributed by atoms with van der Waals surface area (Å²) in [5.74, 6) is 0.474. The number of rotatable bonds is 1. The fourth-order valence-electron chi connectivity index (χ4n) is 1.33. The van der Waals surface area contributed by atoms with Crippen LogP contribution in [0.2, 0.25) is 0 Å². The first-order chi connectivity index (χ1) is 6.22. The second-order valence-corrected chi connectivity index (χ2v) is 4.01.